The average Bonchev–Trinajstić information content (AvgIpc) is 3.03. The van der Waals surface area contributed by atoms with E-state index in [9.17, 15) is 19.5 Å². The van der Waals surface area contributed by atoms with E-state index in [1.165, 1.54) is 12.5 Å². The third-order valence-corrected chi connectivity index (χ3v) is 3.90. The van der Waals surface area contributed by atoms with Gasteiger partial charge in [0, 0.05) is 18.3 Å². The molecule has 1 aromatic heterocycles. The van der Waals surface area contributed by atoms with Crippen molar-refractivity contribution in [3.63, 3.8) is 0 Å². The molecule has 0 aromatic carbocycles. The van der Waals surface area contributed by atoms with E-state index in [2.05, 4.69) is 20.6 Å². The van der Waals surface area contributed by atoms with E-state index < -0.39 is 35.9 Å². The number of aliphatic carboxylic acids is 1. The number of carboxylic acids is 1. The number of rotatable bonds is 10. The molecule has 0 saturated heterocycles. The number of nitrogens with two attached hydrogens (primary N) is 1. The van der Waals surface area contributed by atoms with Crippen LogP contribution in [0.15, 0.2) is 12.5 Å². The number of amides is 2. The summed E-state index contributed by atoms with van der Waals surface area (Å²) in [6.07, 6.45) is 3.49. The summed E-state index contributed by atoms with van der Waals surface area (Å²) >= 11 is 0. The van der Waals surface area contributed by atoms with Gasteiger partial charge in [-0.05, 0) is 18.3 Å². The van der Waals surface area contributed by atoms with Crippen LogP contribution in [0.4, 0.5) is 0 Å². The first-order valence-electron chi connectivity index (χ1n) is 8.68. The lowest BCUT2D eigenvalue weighted by atomic mass is 10.00. The third-order valence-electron chi connectivity index (χ3n) is 3.90. The van der Waals surface area contributed by atoms with Crippen molar-refractivity contribution in [2.24, 2.45) is 17.6 Å². The van der Waals surface area contributed by atoms with Crippen LogP contribution < -0.4 is 16.4 Å². The Hall–Kier alpha value is -2.42. The first-order valence-corrected chi connectivity index (χ1v) is 8.68. The number of nitrogens with one attached hydrogen (secondary N) is 3. The van der Waals surface area contributed by atoms with Gasteiger partial charge in [0.1, 0.15) is 12.1 Å². The van der Waals surface area contributed by atoms with Crippen molar-refractivity contribution in [2.45, 2.75) is 58.7 Å². The molecule has 3 atom stereocenters. The van der Waals surface area contributed by atoms with E-state index in [-0.39, 0.29) is 18.3 Å². The predicted molar refractivity (Wildman–Crippen MR) is 96.1 cm³/mol. The summed E-state index contributed by atoms with van der Waals surface area (Å²) in [7, 11) is 0. The Bertz CT molecular complexity index is 600. The predicted octanol–water partition coefficient (Wildman–Crippen LogP) is 0.0358. The number of aromatic nitrogens is 2. The van der Waals surface area contributed by atoms with Gasteiger partial charge in [-0.15, -0.1) is 0 Å². The lowest BCUT2D eigenvalue weighted by Gasteiger charge is -2.25. The van der Waals surface area contributed by atoms with Gasteiger partial charge in [-0.3, -0.25) is 9.59 Å². The minimum atomic E-state index is -1.17. The van der Waals surface area contributed by atoms with E-state index in [0.717, 1.165) is 0 Å². The number of carboxylic acid groups (broad SMARTS) is 1. The van der Waals surface area contributed by atoms with Gasteiger partial charge in [0.2, 0.25) is 11.8 Å². The standard InChI is InChI=1S/C17H29N5O4/c1-9(2)5-12(18)15(23)22-14(10(3)4)16(24)21-13(17(25)26)6-11-7-19-8-20-11/h7-10,12-14H,5-6,18H2,1-4H3,(H,19,20)(H,21,24)(H,22,23)(H,25,26)/t12-,13-,14-/m0/s1. The molecule has 1 rings (SSSR count). The molecule has 9 nitrogen and oxygen atoms in total. The Kier molecular flexibility index (Phi) is 8.24. The van der Waals surface area contributed by atoms with Gasteiger partial charge in [0.05, 0.1) is 12.4 Å². The van der Waals surface area contributed by atoms with Crippen LogP contribution in [0.2, 0.25) is 0 Å². The molecule has 1 heterocycles. The van der Waals surface area contributed by atoms with Crippen molar-refractivity contribution in [1.82, 2.24) is 20.6 Å². The van der Waals surface area contributed by atoms with Gasteiger partial charge in [-0.2, -0.15) is 0 Å². The molecule has 0 unspecified atom stereocenters. The maximum absolute atomic E-state index is 12.6. The lowest BCUT2D eigenvalue weighted by molar-refractivity contribution is -0.142. The normalized spacial score (nSPS) is 14.7. The largest absolute Gasteiger partial charge is 0.480 e. The topological polar surface area (TPSA) is 150 Å². The molecule has 26 heavy (non-hydrogen) atoms. The molecule has 0 aliphatic heterocycles. The quantitative estimate of drug-likeness (QED) is 0.394. The zero-order valence-electron chi connectivity index (χ0n) is 15.7. The van der Waals surface area contributed by atoms with Crippen molar-refractivity contribution >= 4 is 17.8 Å². The SMILES string of the molecule is CC(C)C[C@H](N)C(=O)N[C@H](C(=O)N[C@@H](Cc1cnc[nH]1)C(=O)O)C(C)C. The smallest absolute Gasteiger partial charge is 0.326 e. The number of hydrogen-bond donors (Lipinski definition) is 5. The van der Waals surface area contributed by atoms with Gasteiger partial charge in [0.15, 0.2) is 0 Å². The molecule has 0 fully saturated rings. The highest BCUT2D eigenvalue weighted by Gasteiger charge is 2.30. The van der Waals surface area contributed by atoms with Crippen LogP contribution >= 0.6 is 0 Å². The lowest BCUT2D eigenvalue weighted by Crippen LogP contribution is -2.56. The van der Waals surface area contributed by atoms with Crippen molar-refractivity contribution < 1.29 is 19.5 Å². The number of H-pyrrole nitrogens is 1. The molecule has 0 aliphatic carbocycles. The highest BCUT2D eigenvalue weighted by Crippen LogP contribution is 2.07. The number of aromatic amines is 1. The summed E-state index contributed by atoms with van der Waals surface area (Å²) in [4.78, 5) is 42.9. The van der Waals surface area contributed by atoms with E-state index in [1.54, 1.807) is 13.8 Å². The van der Waals surface area contributed by atoms with Gasteiger partial charge in [-0.1, -0.05) is 27.7 Å². The van der Waals surface area contributed by atoms with Gasteiger partial charge in [0.25, 0.3) is 0 Å². The molecule has 0 bridgehead atoms. The summed E-state index contributed by atoms with van der Waals surface area (Å²) in [5, 5.41) is 14.5. The van der Waals surface area contributed by atoms with Crippen molar-refractivity contribution in [3.05, 3.63) is 18.2 Å². The number of carbonyl (C=O) groups excluding carboxylic acids is 2. The van der Waals surface area contributed by atoms with Crippen LogP contribution in [0.3, 0.4) is 0 Å². The second-order valence-electron chi connectivity index (χ2n) is 7.15. The third kappa shape index (κ3) is 6.83. The number of carbonyl (C=O) groups is 3. The van der Waals surface area contributed by atoms with E-state index in [0.29, 0.717) is 12.1 Å². The maximum atomic E-state index is 12.6. The zero-order valence-corrected chi connectivity index (χ0v) is 15.7. The average molecular weight is 367 g/mol. The molecule has 0 aliphatic rings. The summed E-state index contributed by atoms with van der Waals surface area (Å²) in [5.74, 6) is -2.14. The summed E-state index contributed by atoms with van der Waals surface area (Å²) in [5.41, 5.74) is 6.44. The first kappa shape index (κ1) is 21.6. The van der Waals surface area contributed by atoms with Crippen LogP contribution in [0.1, 0.15) is 39.8 Å². The Morgan fingerprint density at radius 3 is 2.31 bits per heavy atom. The summed E-state index contributed by atoms with van der Waals surface area (Å²) in [6, 6.07) is -2.72. The van der Waals surface area contributed by atoms with Crippen LogP contribution in [0.5, 0.6) is 0 Å². The number of imidazole rings is 1. The van der Waals surface area contributed by atoms with Crippen LogP contribution in [0.25, 0.3) is 0 Å². The molecular formula is C17H29N5O4. The fourth-order valence-electron chi connectivity index (χ4n) is 2.49. The second kappa shape index (κ2) is 9.91. The van der Waals surface area contributed by atoms with Gasteiger partial charge < -0.3 is 26.5 Å². The van der Waals surface area contributed by atoms with Crippen molar-refractivity contribution in [2.75, 3.05) is 0 Å². The Balaban J connectivity index is 2.76. The van der Waals surface area contributed by atoms with E-state index in [4.69, 9.17) is 5.73 Å². The molecule has 146 valence electrons. The molecule has 1 aromatic rings. The Morgan fingerprint density at radius 2 is 1.85 bits per heavy atom. The second-order valence-corrected chi connectivity index (χ2v) is 7.15. The van der Waals surface area contributed by atoms with Gasteiger partial charge >= 0.3 is 5.97 Å². The monoisotopic (exact) mass is 367 g/mol. The molecule has 0 spiro atoms. The first-order chi connectivity index (χ1) is 12.1. The highest BCUT2D eigenvalue weighted by molar-refractivity contribution is 5.92. The maximum Gasteiger partial charge on any atom is 0.326 e. The van der Waals surface area contributed by atoms with Crippen molar-refractivity contribution in [1.29, 1.82) is 0 Å². The molecule has 9 heteroatoms. The molecule has 0 radical (unpaired) electrons. The van der Waals surface area contributed by atoms with Crippen LogP contribution in [-0.4, -0.2) is 51.0 Å². The van der Waals surface area contributed by atoms with Crippen LogP contribution in [-0.2, 0) is 20.8 Å². The van der Waals surface area contributed by atoms with Crippen LogP contribution in [0, 0.1) is 11.8 Å². The summed E-state index contributed by atoms with van der Waals surface area (Å²) < 4.78 is 0. The number of nitrogens with zero attached hydrogens (tertiary/aromatic N) is 1. The fraction of sp³-hybridized carbons (Fsp3) is 0.647. The Morgan fingerprint density at radius 1 is 1.19 bits per heavy atom. The number of hydrogen-bond acceptors (Lipinski definition) is 5. The molecular weight excluding hydrogens is 338 g/mol. The Labute approximate surface area is 153 Å². The highest BCUT2D eigenvalue weighted by atomic mass is 16.4. The summed E-state index contributed by atoms with van der Waals surface area (Å²) in [6.45, 7) is 7.44. The van der Waals surface area contributed by atoms with Crippen molar-refractivity contribution in [3.8, 4) is 0 Å². The van der Waals surface area contributed by atoms with Gasteiger partial charge in [-0.25, -0.2) is 9.78 Å². The van der Waals surface area contributed by atoms with E-state index >= 15 is 0 Å². The minimum absolute atomic E-state index is 0.0622. The van der Waals surface area contributed by atoms with E-state index in [1.807, 2.05) is 13.8 Å². The molecule has 0 saturated carbocycles. The molecule has 2 amide bonds. The molecule has 6 N–H and O–H groups in total. The zero-order chi connectivity index (χ0) is 19.9. The fourth-order valence-corrected chi connectivity index (χ4v) is 2.49. The minimum Gasteiger partial charge on any atom is -0.480 e.